The predicted octanol–water partition coefficient (Wildman–Crippen LogP) is 4.55. The highest BCUT2D eigenvalue weighted by atomic mass is 35.5. The first-order chi connectivity index (χ1) is 9.63. The molecule has 0 spiro atoms. The van der Waals surface area contributed by atoms with Crippen LogP contribution >= 0.6 is 23.2 Å². The summed E-state index contributed by atoms with van der Waals surface area (Å²) in [5.74, 6) is 0.795. The van der Waals surface area contributed by atoms with Gasteiger partial charge in [-0.3, -0.25) is 0 Å². The summed E-state index contributed by atoms with van der Waals surface area (Å²) in [7, 11) is 0. The molecule has 0 aromatic heterocycles. The summed E-state index contributed by atoms with van der Waals surface area (Å²) in [5, 5.41) is 11.0. The average molecular weight is 309 g/mol. The standard InChI is InChI=1S/C16H14Cl2O2/c17-12-3-1-11(15(18)8-12)9-20-13-4-5-14-10(7-13)2-6-16(14)19/h1,3-5,7-8,16,19H,2,6,9H2. The summed E-state index contributed by atoms with van der Waals surface area (Å²) >= 11 is 12.0. The number of hydrogen-bond acceptors (Lipinski definition) is 2. The Morgan fingerprint density at radius 2 is 2.00 bits per heavy atom. The van der Waals surface area contributed by atoms with E-state index in [4.69, 9.17) is 27.9 Å². The molecule has 3 rings (SSSR count). The molecule has 1 aliphatic carbocycles. The molecular weight excluding hydrogens is 295 g/mol. The Morgan fingerprint density at radius 3 is 2.80 bits per heavy atom. The Labute approximate surface area is 127 Å². The van der Waals surface area contributed by atoms with Crippen LogP contribution in [0.2, 0.25) is 10.0 Å². The third kappa shape index (κ3) is 2.78. The van der Waals surface area contributed by atoms with E-state index in [1.807, 2.05) is 24.3 Å². The van der Waals surface area contributed by atoms with Gasteiger partial charge in [-0.15, -0.1) is 0 Å². The van der Waals surface area contributed by atoms with Crippen LogP contribution in [0.4, 0.5) is 0 Å². The van der Waals surface area contributed by atoms with Gasteiger partial charge in [0, 0.05) is 15.6 Å². The minimum Gasteiger partial charge on any atom is -0.489 e. The zero-order chi connectivity index (χ0) is 14.1. The second-order valence-corrected chi connectivity index (χ2v) is 5.78. The Balaban J connectivity index is 1.73. The minimum absolute atomic E-state index is 0.329. The van der Waals surface area contributed by atoms with Gasteiger partial charge in [-0.05, 0) is 48.2 Å². The van der Waals surface area contributed by atoms with E-state index in [1.165, 1.54) is 0 Å². The van der Waals surface area contributed by atoms with E-state index in [-0.39, 0.29) is 6.10 Å². The number of hydrogen-bond donors (Lipinski definition) is 1. The summed E-state index contributed by atoms with van der Waals surface area (Å²) in [6.07, 6.45) is 1.36. The molecule has 1 N–H and O–H groups in total. The van der Waals surface area contributed by atoms with Crippen LogP contribution in [-0.4, -0.2) is 5.11 Å². The molecule has 1 aliphatic rings. The molecule has 20 heavy (non-hydrogen) atoms. The second kappa shape index (κ2) is 5.65. The van der Waals surface area contributed by atoms with Crippen molar-refractivity contribution in [1.29, 1.82) is 0 Å². The van der Waals surface area contributed by atoms with Crippen LogP contribution in [-0.2, 0) is 13.0 Å². The second-order valence-electron chi connectivity index (χ2n) is 4.94. The number of ether oxygens (including phenoxy) is 1. The molecule has 0 aliphatic heterocycles. The van der Waals surface area contributed by atoms with Crippen LogP contribution < -0.4 is 4.74 Å². The Morgan fingerprint density at radius 1 is 1.15 bits per heavy atom. The quantitative estimate of drug-likeness (QED) is 0.901. The van der Waals surface area contributed by atoms with Crippen LogP contribution in [0, 0.1) is 0 Å². The van der Waals surface area contributed by atoms with E-state index >= 15 is 0 Å². The molecule has 4 heteroatoms. The van der Waals surface area contributed by atoms with Crippen molar-refractivity contribution in [3.8, 4) is 5.75 Å². The molecule has 0 saturated carbocycles. The molecule has 0 heterocycles. The third-order valence-electron chi connectivity index (χ3n) is 3.57. The number of aliphatic hydroxyl groups is 1. The maximum Gasteiger partial charge on any atom is 0.120 e. The number of benzene rings is 2. The van der Waals surface area contributed by atoms with E-state index < -0.39 is 0 Å². The van der Waals surface area contributed by atoms with Crippen molar-refractivity contribution < 1.29 is 9.84 Å². The molecule has 0 radical (unpaired) electrons. The zero-order valence-electron chi connectivity index (χ0n) is 10.8. The molecule has 2 nitrogen and oxygen atoms in total. The fourth-order valence-electron chi connectivity index (χ4n) is 2.46. The maximum absolute atomic E-state index is 9.77. The summed E-state index contributed by atoms with van der Waals surface area (Å²) in [6, 6.07) is 11.2. The lowest BCUT2D eigenvalue weighted by Crippen LogP contribution is -1.97. The third-order valence-corrected chi connectivity index (χ3v) is 4.16. The first-order valence-electron chi connectivity index (χ1n) is 6.51. The Hall–Kier alpha value is -1.22. The van der Waals surface area contributed by atoms with Crippen LogP contribution in [0.1, 0.15) is 29.2 Å². The first kappa shape index (κ1) is 13.7. The van der Waals surface area contributed by atoms with Gasteiger partial charge in [0.2, 0.25) is 0 Å². The smallest absolute Gasteiger partial charge is 0.120 e. The summed E-state index contributed by atoms with van der Waals surface area (Å²) in [4.78, 5) is 0. The molecule has 0 bridgehead atoms. The van der Waals surface area contributed by atoms with E-state index in [9.17, 15) is 5.11 Å². The van der Waals surface area contributed by atoms with Gasteiger partial charge >= 0.3 is 0 Å². The Kier molecular flexibility index (Phi) is 3.88. The number of halogens is 2. The van der Waals surface area contributed by atoms with Gasteiger partial charge in [-0.25, -0.2) is 0 Å². The molecule has 104 valence electrons. The summed E-state index contributed by atoms with van der Waals surface area (Å²) in [6.45, 7) is 0.400. The predicted molar refractivity (Wildman–Crippen MR) is 80.5 cm³/mol. The molecule has 1 atom stereocenters. The number of aliphatic hydroxyl groups excluding tert-OH is 1. The number of aryl methyl sites for hydroxylation is 1. The highest BCUT2D eigenvalue weighted by molar-refractivity contribution is 6.35. The van der Waals surface area contributed by atoms with Crippen LogP contribution in [0.15, 0.2) is 36.4 Å². The van der Waals surface area contributed by atoms with Crippen molar-refractivity contribution >= 4 is 23.2 Å². The molecule has 2 aromatic rings. The van der Waals surface area contributed by atoms with Gasteiger partial charge in [0.15, 0.2) is 0 Å². The highest BCUT2D eigenvalue weighted by Gasteiger charge is 2.20. The lowest BCUT2D eigenvalue weighted by molar-refractivity contribution is 0.180. The van der Waals surface area contributed by atoms with E-state index in [1.54, 1.807) is 12.1 Å². The molecular formula is C16H14Cl2O2. The monoisotopic (exact) mass is 308 g/mol. The molecule has 0 amide bonds. The fourth-order valence-corrected chi connectivity index (χ4v) is 2.92. The van der Waals surface area contributed by atoms with Crippen LogP contribution in [0.5, 0.6) is 5.75 Å². The van der Waals surface area contributed by atoms with Crippen LogP contribution in [0.25, 0.3) is 0 Å². The average Bonchev–Trinajstić information content (AvgIpc) is 2.79. The van der Waals surface area contributed by atoms with Crippen LogP contribution in [0.3, 0.4) is 0 Å². The van der Waals surface area contributed by atoms with Gasteiger partial charge in [0.25, 0.3) is 0 Å². The van der Waals surface area contributed by atoms with Crippen molar-refractivity contribution in [3.05, 3.63) is 63.1 Å². The molecule has 0 saturated heterocycles. The summed E-state index contributed by atoms with van der Waals surface area (Å²) < 4.78 is 5.76. The van der Waals surface area contributed by atoms with Gasteiger partial charge in [0.05, 0.1) is 6.10 Å². The van der Waals surface area contributed by atoms with E-state index in [0.29, 0.717) is 16.7 Å². The molecule has 1 unspecified atom stereocenters. The van der Waals surface area contributed by atoms with Crippen molar-refractivity contribution in [3.63, 3.8) is 0 Å². The SMILES string of the molecule is OC1CCc2cc(OCc3ccc(Cl)cc3Cl)ccc21. The van der Waals surface area contributed by atoms with Crippen molar-refractivity contribution in [2.24, 2.45) is 0 Å². The minimum atomic E-state index is -0.329. The lowest BCUT2D eigenvalue weighted by atomic mass is 10.1. The van der Waals surface area contributed by atoms with Gasteiger partial charge in [-0.1, -0.05) is 35.3 Å². The van der Waals surface area contributed by atoms with Gasteiger partial charge < -0.3 is 9.84 Å². The maximum atomic E-state index is 9.77. The number of fused-ring (bicyclic) bond motifs is 1. The fraction of sp³-hybridized carbons (Fsp3) is 0.250. The van der Waals surface area contributed by atoms with Crippen molar-refractivity contribution in [2.75, 3.05) is 0 Å². The lowest BCUT2D eigenvalue weighted by Gasteiger charge is -2.10. The zero-order valence-corrected chi connectivity index (χ0v) is 12.3. The normalized spacial score (nSPS) is 17.1. The van der Waals surface area contributed by atoms with E-state index in [2.05, 4.69) is 0 Å². The largest absolute Gasteiger partial charge is 0.489 e. The molecule has 2 aromatic carbocycles. The topological polar surface area (TPSA) is 29.5 Å². The van der Waals surface area contributed by atoms with Crippen molar-refractivity contribution in [1.82, 2.24) is 0 Å². The van der Waals surface area contributed by atoms with Gasteiger partial charge in [-0.2, -0.15) is 0 Å². The highest BCUT2D eigenvalue weighted by Crippen LogP contribution is 2.33. The van der Waals surface area contributed by atoms with E-state index in [0.717, 1.165) is 35.3 Å². The van der Waals surface area contributed by atoms with Gasteiger partial charge in [0.1, 0.15) is 12.4 Å². The first-order valence-corrected chi connectivity index (χ1v) is 7.26. The Bertz CT molecular complexity index is 640. The summed E-state index contributed by atoms with van der Waals surface area (Å²) in [5.41, 5.74) is 3.08. The number of rotatable bonds is 3. The van der Waals surface area contributed by atoms with Crippen molar-refractivity contribution in [2.45, 2.75) is 25.6 Å². The molecule has 0 fully saturated rings.